The van der Waals surface area contributed by atoms with Crippen LogP contribution in [0.2, 0.25) is 0 Å². The molecule has 0 spiro atoms. The Hall–Kier alpha value is -0.370. The quantitative estimate of drug-likeness (QED) is 0.567. The van der Waals surface area contributed by atoms with E-state index in [1.54, 1.807) is 0 Å². The van der Waals surface area contributed by atoms with Gasteiger partial charge in [-0.15, -0.1) is 0 Å². The van der Waals surface area contributed by atoms with E-state index in [-0.39, 0.29) is 5.54 Å². The van der Waals surface area contributed by atoms with Gasteiger partial charge < -0.3 is 5.32 Å². The van der Waals surface area contributed by atoms with Gasteiger partial charge in [0, 0.05) is 24.4 Å². The van der Waals surface area contributed by atoms with Gasteiger partial charge in [-0.2, -0.15) is 0 Å². The van der Waals surface area contributed by atoms with Crippen molar-refractivity contribution in [2.75, 3.05) is 0 Å². The molecule has 0 aromatic heterocycles. The van der Waals surface area contributed by atoms with Crippen LogP contribution in [0.4, 0.5) is 0 Å². The fourth-order valence-corrected chi connectivity index (χ4v) is 2.45. The molecular formula is C9H15NO. The third-order valence-electron chi connectivity index (χ3n) is 2.90. The first-order valence-corrected chi connectivity index (χ1v) is 4.47. The van der Waals surface area contributed by atoms with Crippen molar-refractivity contribution in [3.05, 3.63) is 0 Å². The normalized spacial score (nSPS) is 44.1. The Morgan fingerprint density at radius 1 is 1.64 bits per heavy atom. The Labute approximate surface area is 67.4 Å². The number of fused-ring (bicyclic) bond motifs is 2. The number of nitrogens with one attached hydrogen (secondary N) is 1. The van der Waals surface area contributed by atoms with E-state index in [0.717, 1.165) is 12.8 Å². The van der Waals surface area contributed by atoms with Crippen LogP contribution >= 0.6 is 0 Å². The highest BCUT2D eigenvalue weighted by atomic mass is 16.1. The van der Waals surface area contributed by atoms with E-state index in [4.69, 9.17) is 0 Å². The van der Waals surface area contributed by atoms with Crippen molar-refractivity contribution in [2.24, 2.45) is 0 Å². The number of hydrogen-bond donors (Lipinski definition) is 1. The lowest BCUT2D eigenvalue weighted by atomic mass is 9.77. The summed E-state index contributed by atoms with van der Waals surface area (Å²) < 4.78 is 0. The summed E-state index contributed by atoms with van der Waals surface area (Å²) in [7, 11) is 0. The van der Waals surface area contributed by atoms with Crippen molar-refractivity contribution in [1.29, 1.82) is 0 Å². The molecule has 2 bridgehead atoms. The molecule has 2 saturated heterocycles. The zero-order valence-electron chi connectivity index (χ0n) is 7.02. The predicted molar refractivity (Wildman–Crippen MR) is 43.4 cm³/mol. The van der Waals surface area contributed by atoms with Crippen molar-refractivity contribution < 1.29 is 4.79 Å². The van der Waals surface area contributed by atoms with Gasteiger partial charge in [-0.1, -0.05) is 6.42 Å². The molecule has 0 amide bonds. The molecule has 62 valence electrons. The zero-order valence-corrected chi connectivity index (χ0v) is 7.02. The highest BCUT2D eigenvalue weighted by molar-refractivity contribution is 5.81. The van der Waals surface area contributed by atoms with Crippen LogP contribution in [-0.4, -0.2) is 17.4 Å². The van der Waals surface area contributed by atoms with E-state index >= 15 is 0 Å². The first kappa shape index (κ1) is 7.29. The lowest BCUT2D eigenvalue weighted by Gasteiger charge is -2.43. The summed E-state index contributed by atoms with van der Waals surface area (Å²) in [5.74, 6) is 0.455. The van der Waals surface area contributed by atoms with E-state index < -0.39 is 0 Å². The van der Waals surface area contributed by atoms with Crippen LogP contribution in [0.25, 0.3) is 0 Å². The Morgan fingerprint density at radius 2 is 2.45 bits per heavy atom. The maximum absolute atomic E-state index is 11.2. The molecule has 0 aliphatic carbocycles. The molecule has 2 atom stereocenters. The minimum atomic E-state index is 0.151. The summed E-state index contributed by atoms with van der Waals surface area (Å²) in [6.45, 7) is 2.18. The Bertz CT molecular complexity index is 190. The standard InChI is InChI=1S/C9H15NO/c1-9-4-2-3-7(10-9)5-8(11)6-9/h7,10H,2-6H2,1H3/t7?,9-/m0/s1. The summed E-state index contributed by atoms with van der Waals surface area (Å²) >= 11 is 0. The largest absolute Gasteiger partial charge is 0.308 e. The molecule has 0 aromatic carbocycles. The first-order valence-electron chi connectivity index (χ1n) is 4.47. The van der Waals surface area contributed by atoms with Gasteiger partial charge in [-0.3, -0.25) is 4.79 Å². The number of rotatable bonds is 0. The predicted octanol–water partition coefficient (Wildman–Crippen LogP) is 1.25. The van der Waals surface area contributed by atoms with Crippen molar-refractivity contribution in [2.45, 2.75) is 50.6 Å². The molecule has 2 aliphatic heterocycles. The van der Waals surface area contributed by atoms with Gasteiger partial charge in [0.1, 0.15) is 5.78 Å². The fourth-order valence-electron chi connectivity index (χ4n) is 2.45. The van der Waals surface area contributed by atoms with Crippen LogP contribution in [0.1, 0.15) is 39.0 Å². The van der Waals surface area contributed by atoms with Gasteiger partial charge in [-0.05, 0) is 19.8 Å². The van der Waals surface area contributed by atoms with E-state index in [9.17, 15) is 4.79 Å². The lowest BCUT2D eigenvalue weighted by molar-refractivity contribution is -0.124. The zero-order chi connectivity index (χ0) is 7.90. The highest BCUT2D eigenvalue weighted by Crippen LogP contribution is 2.31. The maximum atomic E-state index is 11.2. The topological polar surface area (TPSA) is 29.1 Å². The summed E-state index contributed by atoms with van der Waals surface area (Å²) in [6.07, 6.45) is 5.19. The number of Topliss-reactive ketones (excluding diaryl/α,β-unsaturated/α-hetero) is 1. The molecule has 2 aliphatic rings. The Kier molecular flexibility index (Phi) is 1.53. The molecule has 1 unspecified atom stereocenters. The van der Waals surface area contributed by atoms with Gasteiger partial charge in [-0.25, -0.2) is 0 Å². The molecule has 2 heterocycles. The number of piperidine rings is 2. The van der Waals surface area contributed by atoms with E-state index in [0.29, 0.717) is 11.8 Å². The minimum absolute atomic E-state index is 0.151. The number of carbonyl (C=O) groups is 1. The molecule has 2 nitrogen and oxygen atoms in total. The Morgan fingerprint density at radius 3 is 3.18 bits per heavy atom. The molecule has 2 fully saturated rings. The molecule has 0 radical (unpaired) electrons. The van der Waals surface area contributed by atoms with Gasteiger partial charge in [0.15, 0.2) is 0 Å². The van der Waals surface area contributed by atoms with Crippen LogP contribution in [-0.2, 0) is 4.79 Å². The lowest BCUT2D eigenvalue weighted by Crippen LogP contribution is -2.57. The summed E-state index contributed by atoms with van der Waals surface area (Å²) in [5, 5.41) is 3.54. The third-order valence-corrected chi connectivity index (χ3v) is 2.90. The number of hydrogen-bond acceptors (Lipinski definition) is 2. The number of carbonyl (C=O) groups excluding carboxylic acids is 1. The molecule has 1 N–H and O–H groups in total. The molecule has 0 saturated carbocycles. The summed E-state index contributed by atoms with van der Waals surface area (Å²) in [5.41, 5.74) is 0.151. The van der Waals surface area contributed by atoms with Gasteiger partial charge in [0.25, 0.3) is 0 Å². The Balaban J connectivity index is 2.15. The van der Waals surface area contributed by atoms with Crippen molar-refractivity contribution in [3.63, 3.8) is 0 Å². The molecule has 0 aromatic rings. The second-order valence-corrected chi connectivity index (χ2v) is 4.21. The second-order valence-electron chi connectivity index (χ2n) is 4.21. The smallest absolute Gasteiger partial charge is 0.136 e. The molecule has 2 heteroatoms. The molecule has 2 rings (SSSR count). The summed E-state index contributed by atoms with van der Waals surface area (Å²) in [6, 6.07) is 0.495. The van der Waals surface area contributed by atoms with E-state index in [1.165, 1.54) is 19.3 Å². The van der Waals surface area contributed by atoms with Crippen LogP contribution in [0, 0.1) is 0 Å². The van der Waals surface area contributed by atoms with Crippen LogP contribution in [0.5, 0.6) is 0 Å². The maximum Gasteiger partial charge on any atom is 0.136 e. The monoisotopic (exact) mass is 153 g/mol. The fraction of sp³-hybridized carbons (Fsp3) is 0.889. The van der Waals surface area contributed by atoms with E-state index in [1.807, 2.05) is 0 Å². The first-order chi connectivity index (χ1) is 5.18. The van der Waals surface area contributed by atoms with Crippen LogP contribution in [0.15, 0.2) is 0 Å². The molecular weight excluding hydrogens is 138 g/mol. The van der Waals surface area contributed by atoms with Crippen molar-refractivity contribution in [1.82, 2.24) is 5.32 Å². The van der Waals surface area contributed by atoms with Crippen LogP contribution in [0.3, 0.4) is 0 Å². The van der Waals surface area contributed by atoms with Gasteiger partial charge in [0.05, 0.1) is 0 Å². The minimum Gasteiger partial charge on any atom is -0.308 e. The second kappa shape index (κ2) is 2.31. The van der Waals surface area contributed by atoms with Gasteiger partial charge in [0.2, 0.25) is 0 Å². The van der Waals surface area contributed by atoms with Gasteiger partial charge >= 0.3 is 0 Å². The SMILES string of the molecule is C[C@]12CCCC(CC(=O)C1)N2. The van der Waals surface area contributed by atoms with E-state index in [2.05, 4.69) is 12.2 Å². The average molecular weight is 153 g/mol. The average Bonchev–Trinajstić information content (AvgIpc) is 1.82. The molecule has 11 heavy (non-hydrogen) atoms. The van der Waals surface area contributed by atoms with Crippen LogP contribution < -0.4 is 5.32 Å². The number of ketones is 1. The van der Waals surface area contributed by atoms with Crippen molar-refractivity contribution in [3.8, 4) is 0 Å². The summed E-state index contributed by atoms with van der Waals surface area (Å²) in [4.78, 5) is 11.2. The highest BCUT2D eigenvalue weighted by Gasteiger charge is 2.38. The van der Waals surface area contributed by atoms with Crippen molar-refractivity contribution >= 4 is 5.78 Å². The third kappa shape index (κ3) is 1.32.